The minimum absolute atomic E-state index is 0.298. The van der Waals surface area contributed by atoms with Crippen molar-refractivity contribution in [3.63, 3.8) is 0 Å². The summed E-state index contributed by atoms with van der Waals surface area (Å²) in [5.41, 5.74) is 3.87. The summed E-state index contributed by atoms with van der Waals surface area (Å²) >= 11 is 6.25. The van der Waals surface area contributed by atoms with Gasteiger partial charge in [-0.15, -0.1) is 0 Å². The third-order valence-corrected chi connectivity index (χ3v) is 6.80. The average molecular weight is 484 g/mol. The molecule has 0 saturated heterocycles. The topological polar surface area (TPSA) is 29.5 Å². The maximum atomic E-state index is 13.7. The van der Waals surface area contributed by atoms with E-state index in [4.69, 9.17) is 16.3 Å². The first-order chi connectivity index (χ1) is 16.3. The predicted molar refractivity (Wildman–Crippen MR) is 125 cm³/mol. The van der Waals surface area contributed by atoms with Gasteiger partial charge in [0.05, 0.1) is 24.3 Å². The minimum atomic E-state index is -4.62. The van der Waals surface area contributed by atoms with Gasteiger partial charge in [-0.05, 0) is 77.1 Å². The molecule has 0 fully saturated rings. The lowest BCUT2D eigenvalue weighted by atomic mass is 9.87. The van der Waals surface area contributed by atoms with Crippen LogP contribution >= 0.6 is 11.6 Å². The van der Waals surface area contributed by atoms with E-state index in [9.17, 15) is 18.0 Å². The van der Waals surface area contributed by atoms with Crippen LogP contribution in [0.4, 0.5) is 13.2 Å². The highest BCUT2D eigenvalue weighted by Gasteiger charge is 2.41. The number of benzene rings is 3. The Morgan fingerprint density at radius 1 is 1.06 bits per heavy atom. The van der Waals surface area contributed by atoms with Gasteiger partial charge in [-0.2, -0.15) is 13.2 Å². The Hall–Kier alpha value is -3.25. The molecular formula is C27H21ClF3NO2. The number of rotatable bonds is 3. The zero-order valence-electron chi connectivity index (χ0n) is 18.3. The SMILES string of the molecule is COc1ccc(C2C3=C(CCN2C(=O)c2ccccc2C(F)(F)F)c2cc(Cl)ccc2C3)cc1. The fourth-order valence-electron chi connectivity index (χ4n) is 5.03. The molecule has 1 aliphatic carbocycles. The number of ether oxygens (including phenoxy) is 1. The van der Waals surface area contributed by atoms with Crippen LogP contribution in [0.15, 0.2) is 72.3 Å². The molecule has 1 heterocycles. The van der Waals surface area contributed by atoms with Crippen molar-refractivity contribution in [1.82, 2.24) is 4.90 Å². The fraction of sp³-hybridized carbons (Fsp3) is 0.222. The number of fused-ring (bicyclic) bond motifs is 2. The lowest BCUT2D eigenvalue weighted by Gasteiger charge is -2.38. The van der Waals surface area contributed by atoms with E-state index in [1.165, 1.54) is 18.2 Å². The van der Waals surface area contributed by atoms with Crippen LogP contribution in [0.1, 0.15) is 45.1 Å². The first-order valence-corrected chi connectivity index (χ1v) is 11.3. The number of carbonyl (C=O) groups is 1. The fourth-order valence-corrected chi connectivity index (χ4v) is 5.20. The number of hydrogen-bond acceptors (Lipinski definition) is 2. The summed E-state index contributed by atoms with van der Waals surface area (Å²) in [6.45, 7) is 0.298. The third kappa shape index (κ3) is 3.86. The third-order valence-electron chi connectivity index (χ3n) is 6.57. The Labute approximate surface area is 200 Å². The summed E-state index contributed by atoms with van der Waals surface area (Å²) in [7, 11) is 1.57. The summed E-state index contributed by atoms with van der Waals surface area (Å²) in [6.07, 6.45) is -3.46. The van der Waals surface area contributed by atoms with E-state index in [2.05, 4.69) is 0 Å². The predicted octanol–water partition coefficient (Wildman–Crippen LogP) is 6.96. The zero-order chi connectivity index (χ0) is 24.0. The second-order valence-electron chi connectivity index (χ2n) is 8.45. The van der Waals surface area contributed by atoms with Crippen LogP contribution < -0.4 is 4.74 Å². The zero-order valence-corrected chi connectivity index (χ0v) is 19.1. The molecule has 0 spiro atoms. The van der Waals surface area contributed by atoms with Gasteiger partial charge in [0.2, 0.25) is 0 Å². The number of nitrogens with zero attached hydrogens (tertiary/aromatic N) is 1. The van der Waals surface area contributed by atoms with Gasteiger partial charge in [0.25, 0.3) is 5.91 Å². The van der Waals surface area contributed by atoms with Crippen LogP contribution in [0.25, 0.3) is 5.57 Å². The average Bonchev–Trinajstić information content (AvgIpc) is 3.20. The maximum Gasteiger partial charge on any atom is 0.417 e. The molecule has 0 saturated carbocycles. The molecule has 3 nitrogen and oxygen atoms in total. The van der Waals surface area contributed by atoms with Crippen LogP contribution in [0.2, 0.25) is 5.02 Å². The van der Waals surface area contributed by atoms with Gasteiger partial charge in [0.1, 0.15) is 5.75 Å². The highest BCUT2D eigenvalue weighted by atomic mass is 35.5. The molecule has 34 heavy (non-hydrogen) atoms. The Bertz CT molecular complexity index is 1300. The summed E-state index contributed by atoms with van der Waals surface area (Å²) in [4.78, 5) is 15.2. The number of halogens is 4. The second-order valence-corrected chi connectivity index (χ2v) is 8.89. The molecular weight excluding hydrogens is 463 g/mol. The molecule has 2 aliphatic rings. The molecule has 174 valence electrons. The molecule has 1 atom stereocenters. The van der Waals surface area contributed by atoms with Gasteiger partial charge < -0.3 is 9.64 Å². The van der Waals surface area contributed by atoms with Crippen molar-refractivity contribution in [3.8, 4) is 5.75 Å². The Balaban J connectivity index is 1.62. The number of methoxy groups -OCH3 is 1. The molecule has 0 bridgehead atoms. The minimum Gasteiger partial charge on any atom is -0.497 e. The molecule has 1 unspecified atom stereocenters. The number of carbonyl (C=O) groups excluding carboxylic acids is 1. The van der Waals surface area contributed by atoms with E-state index in [1.807, 2.05) is 30.3 Å². The van der Waals surface area contributed by atoms with Gasteiger partial charge in [0.15, 0.2) is 0 Å². The Morgan fingerprint density at radius 2 is 1.79 bits per heavy atom. The van der Waals surface area contributed by atoms with Crippen molar-refractivity contribution in [2.45, 2.75) is 25.1 Å². The summed E-state index contributed by atoms with van der Waals surface area (Å²) in [5, 5.41) is 0.631. The van der Waals surface area contributed by atoms with Crippen LogP contribution in [0, 0.1) is 0 Å². The molecule has 0 N–H and O–H groups in total. The van der Waals surface area contributed by atoms with E-state index < -0.39 is 23.7 Å². The number of alkyl halides is 3. The highest BCUT2D eigenvalue weighted by Crippen LogP contribution is 2.48. The van der Waals surface area contributed by atoms with Crippen molar-refractivity contribution >= 4 is 23.1 Å². The second kappa shape index (κ2) is 8.51. The summed E-state index contributed by atoms with van der Waals surface area (Å²) in [6, 6.07) is 17.6. The van der Waals surface area contributed by atoms with E-state index in [0.717, 1.165) is 33.9 Å². The lowest BCUT2D eigenvalue weighted by molar-refractivity contribution is -0.138. The highest BCUT2D eigenvalue weighted by molar-refractivity contribution is 6.30. The van der Waals surface area contributed by atoms with Crippen LogP contribution in [-0.2, 0) is 12.6 Å². The molecule has 3 aromatic rings. The Kier molecular flexibility index (Phi) is 5.64. The quantitative estimate of drug-likeness (QED) is 0.403. The number of amides is 1. The molecule has 0 aromatic heterocycles. The van der Waals surface area contributed by atoms with Gasteiger partial charge in [0, 0.05) is 11.6 Å². The maximum absolute atomic E-state index is 13.7. The standard InChI is InChI=1S/C27H21ClF3NO2/c1-34-19-10-7-16(8-11-19)25-23-14-17-6-9-18(28)15-22(17)20(23)12-13-32(25)26(33)21-4-2-3-5-24(21)27(29,30)31/h2-11,15,25H,12-14H2,1H3. The van der Waals surface area contributed by atoms with Crippen LogP contribution in [-0.4, -0.2) is 24.5 Å². The molecule has 3 aromatic carbocycles. The first-order valence-electron chi connectivity index (χ1n) is 10.9. The summed E-state index contributed by atoms with van der Waals surface area (Å²) < 4.78 is 46.4. The Morgan fingerprint density at radius 3 is 2.50 bits per heavy atom. The molecule has 1 aliphatic heterocycles. The van der Waals surface area contributed by atoms with Crippen LogP contribution in [0.3, 0.4) is 0 Å². The molecule has 7 heteroatoms. The molecule has 5 rings (SSSR count). The van der Waals surface area contributed by atoms with E-state index in [-0.39, 0.29) is 5.56 Å². The van der Waals surface area contributed by atoms with Gasteiger partial charge in [-0.1, -0.05) is 41.9 Å². The monoisotopic (exact) mass is 483 g/mol. The van der Waals surface area contributed by atoms with Crippen molar-refractivity contribution in [2.24, 2.45) is 0 Å². The largest absolute Gasteiger partial charge is 0.497 e. The van der Waals surface area contributed by atoms with Crippen molar-refractivity contribution in [3.05, 3.63) is 105 Å². The van der Waals surface area contributed by atoms with Crippen LogP contribution in [0.5, 0.6) is 5.75 Å². The van der Waals surface area contributed by atoms with E-state index >= 15 is 0 Å². The lowest BCUT2D eigenvalue weighted by Crippen LogP contribution is -2.40. The van der Waals surface area contributed by atoms with E-state index in [0.29, 0.717) is 30.2 Å². The smallest absolute Gasteiger partial charge is 0.417 e. The first kappa shape index (κ1) is 22.5. The molecule has 1 amide bonds. The number of hydrogen-bond donors (Lipinski definition) is 0. The van der Waals surface area contributed by atoms with Gasteiger partial charge in [-0.25, -0.2) is 0 Å². The van der Waals surface area contributed by atoms with Gasteiger partial charge in [-0.3, -0.25) is 4.79 Å². The van der Waals surface area contributed by atoms with E-state index in [1.54, 1.807) is 24.1 Å². The van der Waals surface area contributed by atoms with Crippen molar-refractivity contribution < 1.29 is 22.7 Å². The van der Waals surface area contributed by atoms with Crippen molar-refractivity contribution in [1.29, 1.82) is 0 Å². The van der Waals surface area contributed by atoms with Crippen molar-refractivity contribution in [2.75, 3.05) is 13.7 Å². The summed E-state index contributed by atoms with van der Waals surface area (Å²) in [5.74, 6) is 0.0322. The normalized spacial score (nSPS) is 17.4. The molecule has 0 radical (unpaired) electrons. The van der Waals surface area contributed by atoms with Gasteiger partial charge >= 0.3 is 6.18 Å².